The lowest BCUT2D eigenvalue weighted by molar-refractivity contribution is 0.0253. The zero-order chi connectivity index (χ0) is 12.7. The van der Waals surface area contributed by atoms with E-state index in [0.717, 1.165) is 5.56 Å². The van der Waals surface area contributed by atoms with E-state index in [1.807, 2.05) is 30.3 Å². The molecule has 0 spiro atoms. The van der Waals surface area contributed by atoms with Gasteiger partial charge in [0.05, 0.1) is 12.1 Å². The van der Waals surface area contributed by atoms with Gasteiger partial charge >= 0.3 is 6.09 Å². The van der Waals surface area contributed by atoms with Crippen LogP contribution in [0.1, 0.15) is 5.56 Å². The van der Waals surface area contributed by atoms with Gasteiger partial charge in [0.1, 0.15) is 6.61 Å². The normalized spacial score (nSPS) is 33.1. The molecule has 2 aliphatic heterocycles. The lowest BCUT2D eigenvalue weighted by atomic mass is 9.82. The Morgan fingerprint density at radius 2 is 2.17 bits per heavy atom. The van der Waals surface area contributed by atoms with E-state index in [1.165, 1.54) is 0 Å². The summed E-state index contributed by atoms with van der Waals surface area (Å²) in [5.74, 6) is 0.152. The second-order valence-electron chi connectivity index (χ2n) is 4.78. The number of carbonyl (C=O) groups is 1. The molecule has 1 N–H and O–H groups in total. The highest BCUT2D eigenvalue weighted by Crippen LogP contribution is 2.46. The van der Waals surface area contributed by atoms with Gasteiger partial charge in [-0.2, -0.15) is 0 Å². The third-order valence-electron chi connectivity index (χ3n) is 3.73. The Hall–Kier alpha value is -1.07. The highest BCUT2D eigenvalue weighted by atomic mass is 79.9. The number of aliphatic hydroxyl groups excluding tert-OH is 1. The van der Waals surface area contributed by atoms with Crippen LogP contribution in [-0.4, -0.2) is 39.6 Å². The lowest BCUT2D eigenvalue weighted by Gasteiger charge is -2.37. The zero-order valence-electron chi connectivity index (χ0n) is 9.70. The zero-order valence-corrected chi connectivity index (χ0v) is 11.3. The van der Waals surface area contributed by atoms with Crippen molar-refractivity contribution in [3.8, 4) is 0 Å². The summed E-state index contributed by atoms with van der Waals surface area (Å²) in [6, 6.07) is 9.45. The molecule has 1 amide bonds. The molecule has 5 heteroatoms. The fourth-order valence-electron chi connectivity index (χ4n) is 2.65. The summed E-state index contributed by atoms with van der Waals surface area (Å²) < 4.78 is 5.26. The third-order valence-corrected chi connectivity index (χ3v) is 4.95. The molecule has 4 atom stereocenters. The standard InChI is InChI=1S/C13H14BrNO3/c14-10-9-6-15(11(10)12(9)16)13(17)18-7-8-4-2-1-3-5-8/h1-5,9-12,16H,6-7H2. The van der Waals surface area contributed by atoms with Gasteiger partial charge in [-0.05, 0) is 5.56 Å². The quantitative estimate of drug-likeness (QED) is 0.847. The van der Waals surface area contributed by atoms with Gasteiger partial charge in [0, 0.05) is 17.3 Å². The number of ether oxygens (including phenoxy) is 1. The minimum atomic E-state index is -0.404. The first-order valence-corrected chi connectivity index (χ1v) is 6.89. The molecule has 0 radical (unpaired) electrons. The van der Waals surface area contributed by atoms with Gasteiger partial charge in [-0.1, -0.05) is 46.3 Å². The van der Waals surface area contributed by atoms with E-state index in [2.05, 4.69) is 15.9 Å². The van der Waals surface area contributed by atoms with Crippen LogP contribution in [0.15, 0.2) is 30.3 Å². The van der Waals surface area contributed by atoms with Crippen molar-refractivity contribution in [3.63, 3.8) is 0 Å². The molecular formula is C13H14BrNO3. The minimum absolute atomic E-state index is 0.127. The van der Waals surface area contributed by atoms with Crippen LogP contribution < -0.4 is 0 Å². The van der Waals surface area contributed by atoms with Crippen LogP contribution >= 0.6 is 15.9 Å². The molecule has 1 aromatic rings. The number of carbonyl (C=O) groups excluding carboxylic acids is 1. The Morgan fingerprint density at radius 3 is 2.72 bits per heavy atom. The summed E-state index contributed by atoms with van der Waals surface area (Å²) in [7, 11) is 0. The van der Waals surface area contributed by atoms with Gasteiger partial charge in [0.15, 0.2) is 0 Å². The molecule has 1 aliphatic carbocycles. The average Bonchev–Trinajstić information content (AvgIpc) is 2.94. The maximum Gasteiger partial charge on any atom is 0.410 e. The second-order valence-corrected chi connectivity index (χ2v) is 5.84. The van der Waals surface area contributed by atoms with E-state index in [1.54, 1.807) is 4.90 Å². The summed E-state index contributed by atoms with van der Waals surface area (Å²) in [4.78, 5) is 13.7. The van der Waals surface area contributed by atoms with E-state index in [0.29, 0.717) is 6.54 Å². The number of amides is 1. The van der Waals surface area contributed by atoms with Gasteiger partial charge in [0.2, 0.25) is 0 Å². The number of benzene rings is 1. The Balaban J connectivity index is 1.57. The number of aliphatic hydroxyl groups is 1. The molecule has 1 saturated carbocycles. The maximum atomic E-state index is 11.9. The third kappa shape index (κ3) is 1.82. The predicted molar refractivity (Wildman–Crippen MR) is 69.3 cm³/mol. The highest BCUT2D eigenvalue weighted by molar-refractivity contribution is 9.09. The molecule has 2 saturated heterocycles. The van der Waals surface area contributed by atoms with E-state index in [9.17, 15) is 9.90 Å². The van der Waals surface area contributed by atoms with Gasteiger partial charge in [-0.3, -0.25) is 0 Å². The van der Waals surface area contributed by atoms with E-state index in [-0.39, 0.29) is 29.5 Å². The monoisotopic (exact) mass is 311 g/mol. The molecule has 4 nitrogen and oxygen atoms in total. The number of hydrogen-bond acceptors (Lipinski definition) is 3. The predicted octanol–water partition coefficient (Wildman–Crippen LogP) is 1.76. The number of fused-ring (bicyclic) bond motifs is 1. The van der Waals surface area contributed by atoms with Crippen molar-refractivity contribution in [1.82, 2.24) is 4.90 Å². The van der Waals surface area contributed by atoms with Crippen LogP contribution in [0.2, 0.25) is 0 Å². The largest absolute Gasteiger partial charge is 0.445 e. The molecule has 2 bridgehead atoms. The van der Waals surface area contributed by atoms with Crippen molar-refractivity contribution in [3.05, 3.63) is 35.9 Å². The lowest BCUT2D eigenvalue weighted by Crippen LogP contribution is -2.54. The first kappa shape index (κ1) is 12.0. The number of alkyl halides is 1. The summed E-state index contributed by atoms with van der Waals surface area (Å²) >= 11 is 3.49. The molecule has 4 unspecified atom stereocenters. The Bertz CT molecular complexity index is 443. The Labute approximate surface area is 114 Å². The number of nitrogens with zero attached hydrogens (tertiary/aromatic N) is 1. The van der Waals surface area contributed by atoms with Crippen molar-refractivity contribution in [1.29, 1.82) is 0 Å². The fraction of sp³-hybridized carbons (Fsp3) is 0.462. The van der Waals surface area contributed by atoms with Crippen LogP contribution in [-0.2, 0) is 11.3 Å². The number of rotatable bonds is 2. The van der Waals surface area contributed by atoms with Crippen LogP contribution in [0.25, 0.3) is 0 Å². The minimum Gasteiger partial charge on any atom is -0.445 e. The molecule has 96 valence electrons. The Morgan fingerprint density at radius 1 is 1.44 bits per heavy atom. The van der Waals surface area contributed by atoms with E-state index >= 15 is 0 Å². The second kappa shape index (κ2) is 4.55. The molecule has 18 heavy (non-hydrogen) atoms. The van der Waals surface area contributed by atoms with Gasteiger partial charge in [-0.25, -0.2) is 4.79 Å². The highest BCUT2D eigenvalue weighted by Gasteiger charge is 2.60. The summed E-state index contributed by atoms with van der Waals surface area (Å²) in [6.07, 6.45) is -0.744. The molecule has 2 heterocycles. The molecule has 1 aromatic carbocycles. The van der Waals surface area contributed by atoms with Crippen LogP contribution in [0.4, 0.5) is 4.79 Å². The topological polar surface area (TPSA) is 49.8 Å². The van der Waals surface area contributed by atoms with Crippen molar-refractivity contribution in [2.75, 3.05) is 6.54 Å². The van der Waals surface area contributed by atoms with Gasteiger partial charge < -0.3 is 14.7 Å². The SMILES string of the molecule is O=C(OCc1ccccc1)N1CC2C(O)C1C2Br. The smallest absolute Gasteiger partial charge is 0.410 e. The molecule has 4 rings (SSSR count). The molecule has 3 fully saturated rings. The van der Waals surface area contributed by atoms with Crippen molar-refractivity contribution in [2.24, 2.45) is 5.92 Å². The first-order chi connectivity index (χ1) is 8.68. The van der Waals surface area contributed by atoms with E-state index < -0.39 is 6.10 Å². The summed E-state index contributed by atoms with van der Waals surface area (Å²) in [6.45, 7) is 0.853. The number of halogens is 1. The summed E-state index contributed by atoms with van der Waals surface area (Å²) in [5.41, 5.74) is 0.966. The van der Waals surface area contributed by atoms with Gasteiger partial charge in [-0.15, -0.1) is 0 Å². The number of hydrogen-bond donors (Lipinski definition) is 1. The van der Waals surface area contributed by atoms with E-state index in [4.69, 9.17) is 4.74 Å². The molecule has 0 aromatic heterocycles. The summed E-state index contributed by atoms with van der Waals surface area (Å²) in [5, 5.41) is 9.74. The van der Waals surface area contributed by atoms with Gasteiger partial charge in [0.25, 0.3) is 0 Å². The van der Waals surface area contributed by atoms with Crippen LogP contribution in [0.3, 0.4) is 0 Å². The van der Waals surface area contributed by atoms with Crippen molar-refractivity contribution >= 4 is 22.0 Å². The van der Waals surface area contributed by atoms with Crippen molar-refractivity contribution in [2.45, 2.75) is 23.6 Å². The van der Waals surface area contributed by atoms with Crippen molar-refractivity contribution < 1.29 is 14.6 Å². The first-order valence-electron chi connectivity index (χ1n) is 5.98. The average molecular weight is 312 g/mol. The molecular weight excluding hydrogens is 298 g/mol. The Kier molecular flexibility index (Phi) is 3.03. The fourth-order valence-corrected chi connectivity index (χ4v) is 3.73. The van der Waals surface area contributed by atoms with Crippen LogP contribution in [0, 0.1) is 5.92 Å². The van der Waals surface area contributed by atoms with Crippen LogP contribution in [0.5, 0.6) is 0 Å². The molecule has 3 aliphatic rings. The maximum absolute atomic E-state index is 11.9.